The van der Waals surface area contributed by atoms with Crippen molar-refractivity contribution in [3.05, 3.63) is 41.9 Å². The van der Waals surface area contributed by atoms with E-state index in [1.165, 1.54) is 11.3 Å². The van der Waals surface area contributed by atoms with E-state index in [1.54, 1.807) is 6.20 Å². The number of hydrogen-bond acceptors (Lipinski definition) is 3. The molecule has 4 nitrogen and oxygen atoms in total. The number of pyridine rings is 1. The van der Waals surface area contributed by atoms with Crippen LogP contribution in [-0.4, -0.2) is 14.8 Å². The van der Waals surface area contributed by atoms with Gasteiger partial charge in [0.05, 0.1) is 6.20 Å². The molecule has 0 aliphatic heterocycles. The van der Waals surface area contributed by atoms with Crippen LogP contribution >= 0.6 is 0 Å². The Morgan fingerprint density at radius 2 is 2.27 bits per heavy atom. The summed E-state index contributed by atoms with van der Waals surface area (Å²) in [5, 5.41) is 7.44. The van der Waals surface area contributed by atoms with Crippen LogP contribution in [-0.2, 0) is 13.6 Å². The molecule has 78 valence electrons. The fourth-order valence-electron chi connectivity index (χ4n) is 1.37. The smallest absolute Gasteiger partial charge is 0.126 e. The van der Waals surface area contributed by atoms with E-state index in [0.29, 0.717) is 0 Å². The SMILES string of the molecule is Cc1c(CNc2ccccn2)cnn1C. The summed E-state index contributed by atoms with van der Waals surface area (Å²) >= 11 is 0. The molecule has 0 radical (unpaired) electrons. The molecule has 0 saturated carbocycles. The molecule has 1 N–H and O–H groups in total. The number of rotatable bonds is 3. The molecule has 0 spiro atoms. The topological polar surface area (TPSA) is 42.7 Å². The van der Waals surface area contributed by atoms with Crippen molar-refractivity contribution in [1.29, 1.82) is 0 Å². The van der Waals surface area contributed by atoms with E-state index in [4.69, 9.17) is 0 Å². The van der Waals surface area contributed by atoms with Crippen LogP contribution in [0.25, 0.3) is 0 Å². The molecule has 0 amide bonds. The summed E-state index contributed by atoms with van der Waals surface area (Å²) in [6.45, 7) is 2.82. The fraction of sp³-hybridized carbons (Fsp3) is 0.273. The van der Waals surface area contributed by atoms with E-state index in [2.05, 4.69) is 22.3 Å². The summed E-state index contributed by atoms with van der Waals surface area (Å²) in [7, 11) is 1.94. The van der Waals surface area contributed by atoms with E-state index in [9.17, 15) is 0 Å². The summed E-state index contributed by atoms with van der Waals surface area (Å²) in [6.07, 6.45) is 3.66. The van der Waals surface area contributed by atoms with Crippen LogP contribution in [0.2, 0.25) is 0 Å². The molecule has 0 fully saturated rings. The van der Waals surface area contributed by atoms with Crippen molar-refractivity contribution in [2.45, 2.75) is 13.5 Å². The third-order valence-corrected chi connectivity index (χ3v) is 2.46. The van der Waals surface area contributed by atoms with Crippen molar-refractivity contribution in [1.82, 2.24) is 14.8 Å². The van der Waals surface area contributed by atoms with Gasteiger partial charge in [-0.15, -0.1) is 0 Å². The number of aromatic nitrogens is 3. The lowest BCUT2D eigenvalue weighted by atomic mass is 10.2. The van der Waals surface area contributed by atoms with Gasteiger partial charge in [0.15, 0.2) is 0 Å². The van der Waals surface area contributed by atoms with Gasteiger partial charge in [-0.2, -0.15) is 5.10 Å². The molecule has 2 aromatic rings. The average Bonchev–Trinajstić information content (AvgIpc) is 2.59. The first-order valence-corrected chi connectivity index (χ1v) is 4.90. The highest BCUT2D eigenvalue weighted by atomic mass is 15.3. The maximum atomic E-state index is 4.19. The van der Waals surface area contributed by atoms with E-state index >= 15 is 0 Å². The summed E-state index contributed by atoms with van der Waals surface area (Å²) in [6, 6.07) is 5.82. The molecule has 0 saturated heterocycles. The Morgan fingerprint density at radius 1 is 1.40 bits per heavy atom. The van der Waals surface area contributed by atoms with Gasteiger partial charge in [0.25, 0.3) is 0 Å². The Labute approximate surface area is 89.0 Å². The molecular weight excluding hydrogens is 188 g/mol. The molecule has 2 rings (SSSR count). The van der Waals surface area contributed by atoms with Crippen LogP contribution < -0.4 is 5.32 Å². The Hall–Kier alpha value is -1.84. The monoisotopic (exact) mass is 202 g/mol. The summed E-state index contributed by atoms with van der Waals surface area (Å²) in [5.41, 5.74) is 2.38. The third kappa shape index (κ3) is 2.15. The van der Waals surface area contributed by atoms with Gasteiger partial charge in [0, 0.05) is 31.0 Å². The van der Waals surface area contributed by atoms with Gasteiger partial charge >= 0.3 is 0 Å². The van der Waals surface area contributed by atoms with Gasteiger partial charge < -0.3 is 5.32 Å². The number of anilines is 1. The lowest BCUT2D eigenvalue weighted by Crippen LogP contribution is -2.02. The van der Waals surface area contributed by atoms with Crippen LogP contribution in [0.5, 0.6) is 0 Å². The third-order valence-electron chi connectivity index (χ3n) is 2.46. The Bertz CT molecular complexity index is 433. The predicted octanol–water partition coefficient (Wildman–Crippen LogP) is 1.74. The second kappa shape index (κ2) is 4.13. The van der Waals surface area contributed by atoms with Gasteiger partial charge in [-0.1, -0.05) is 6.07 Å². The van der Waals surface area contributed by atoms with Crippen LogP contribution in [0.15, 0.2) is 30.6 Å². The van der Waals surface area contributed by atoms with Crippen molar-refractivity contribution in [3.63, 3.8) is 0 Å². The van der Waals surface area contributed by atoms with Gasteiger partial charge in [-0.25, -0.2) is 4.98 Å². The van der Waals surface area contributed by atoms with E-state index < -0.39 is 0 Å². The highest BCUT2D eigenvalue weighted by molar-refractivity contribution is 5.34. The minimum Gasteiger partial charge on any atom is -0.366 e. The van der Waals surface area contributed by atoms with Crippen LogP contribution in [0, 0.1) is 6.92 Å². The maximum Gasteiger partial charge on any atom is 0.126 e. The molecule has 15 heavy (non-hydrogen) atoms. The van der Waals surface area contributed by atoms with E-state index in [-0.39, 0.29) is 0 Å². The second-order valence-corrected chi connectivity index (χ2v) is 3.45. The summed E-state index contributed by atoms with van der Waals surface area (Å²) in [5.74, 6) is 0.890. The van der Waals surface area contributed by atoms with Crippen molar-refractivity contribution >= 4 is 5.82 Å². The van der Waals surface area contributed by atoms with Crippen LogP contribution in [0.4, 0.5) is 5.82 Å². The van der Waals surface area contributed by atoms with Gasteiger partial charge in [-0.3, -0.25) is 4.68 Å². The molecule has 0 bridgehead atoms. The van der Waals surface area contributed by atoms with Gasteiger partial charge in [0.2, 0.25) is 0 Å². The van der Waals surface area contributed by atoms with E-state index in [1.807, 2.05) is 36.1 Å². The largest absolute Gasteiger partial charge is 0.366 e. The zero-order valence-electron chi connectivity index (χ0n) is 8.94. The summed E-state index contributed by atoms with van der Waals surface area (Å²) < 4.78 is 1.87. The Morgan fingerprint density at radius 3 is 2.87 bits per heavy atom. The molecule has 4 heteroatoms. The van der Waals surface area contributed by atoms with Crippen molar-refractivity contribution in [2.75, 3.05) is 5.32 Å². The zero-order chi connectivity index (χ0) is 10.7. The molecule has 0 aromatic carbocycles. The quantitative estimate of drug-likeness (QED) is 0.824. The number of aryl methyl sites for hydroxylation is 1. The molecule has 0 unspecified atom stereocenters. The van der Waals surface area contributed by atoms with Crippen LogP contribution in [0.1, 0.15) is 11.3 Å². The first kappa shape index (κ1) is 9.71. The minimum absolute atomic E-state index is 0.761. The molecule has 2 aromatic heterocycles. The molecule has 0 aliphatic rings. The number of nitrogens with one attached hydrogen (secondary N) is 1. The first-order valence-electron chi connectivity index (χ1n) is 4.90. The Kier molecular flexibility index (Phi) is 2.67. The molecule has 0 atom stereocenters. The standard InChI is InChI=1S/C11H14N4/c1-9-10(8-14-15(9)2)7-13-11-5-3-4-6-12-11/h3-6,8H,7H2,1-2H3,(H,12,13). The normalized spacial score (nSPS) is 10.3. The van der Waals surface area contributed by atoms with Crippen LogP contribution in [0.3, 0.4) is 0 Å². The van der Waals surface area contributed by atoms with E-state index in [0.717, 1.165) is 12.4 Å². The lowest BCUT2D eigenvalue weighted by molar-refractivity contribution is 0.738. The first-order chi connectivity index (χ1) is 7.27. The zero-order valence-corrected chi connectivity index (χ0v) is 8.94. The molecular formula is C11H14N4. The number of nitrogens with zero attached hydrogens (tertiary/aromatic N) is 3. The highest BCUT2D eigenvalue weighted by Crippen LogP contribution is 2.08. The lowest BCUT2D eigenvalue weighted by Gasteiger charge is -2.04. The van der Waals surface area contributed by atoms with Gasteiger partial charge in [0.1, 0.15) is 5.82 Å². The maximum absolute atomic E-state index is 4.19. The van der Waals surface area contributed by atoms with Crippen molar-refractivity contribution in [2.24, 2.45) is 7.05 Å². The van der Waals surface area contributed by atoms with Crippen molar-refractivity contribution < 1.29 is 0 Å². The molecule has 0 aliphatic carbocycles. The fourth-order valence-corrected chi connectivity index (χ4v) is 1.37. The summed E-state index contributed by atoms with van der Waals surface area (Å²) in [4.78, 5) is 4.19. The average molecular weight is 202 g/mol. The predicted molar refractivity (Wildman–Crippen MR) is 59.5 cm³/mol. The highest BCUT2D eigenvalue weighted by Gasteiger charge is 2.02. The van der Waals surface area contributed by atoms with Crippen molar-refractivity contribution in [3.8, 4) is 0 Å². The second-order valence-electron chi connectivity index (χ2n) is 3.45. The van der Waals surface area contributed by atoms with Gasteiger partial charge in [-0.05, 0) is 19.1 Å². The minimum atomic E-state index is 0.761. The Balaban J connectivity index is 2.02. The number of hydrogen-bond donors (Lipinski definition) is 1. The molecule has 2 heterocycles.